The van der Waals surface area contributed by atoms with E-state index >= 15 is 0 Å². The van der Waals surface area contributed by atoms with Gasteiger partial charge in [0.25, 0.3) is 0 Å². The van der Waals surface area contributed by atoms with Crippen molar-refractivity contribution in [1.29, 1.82) is 0 Å². The maximum Gasteiger partial charge on any atom is 0.225 e. The molecule has 1 fully saturated rings. The second kappa shape index (κ2) is 6.95. The van der Waals surface area contributed by atoms with Crippen LogP contribution in [0, 0.1) is 5.92 Å². The summed E-state index contributed by atoms with van der Waals surface area (Å²) in [6.07, 6.45) is 7.47. The number of imidazole rings is 1. The number of likely N-dealkylation sites (tertiary alicyclic amines) is 1. The van der Waals surface area contributed by atoms with Gasteiger partial charge in [-0.15, -0.1) is 0 Å². The molecule has 4 heterocycles. The number of carbonyl (C=O) groups is 2. The zero-order valence-corrected chi connectivity index (χ0v) is 14.2. The summed E-state index contributed by atoms with van der Waals surface area (Å²) in [6, 6.07) is 9.50. The molecule has 1 saturated heterocycles. The average molecular weight is 349 g/mol. The van der Waals surface area contributed by atoms with Gasteiger partial charge in [0.05, 0.1) is 18.2 Å². The summed E-state index contributed by atoms with van der Waals surface area (Å²) in [6.45, 7) is 1.30. The van der Waals surface area contributed by atoms with E-state index in [1.165, 1.54) is 0 Å². The molecule has 4 rings (SSSR count). The summed E-state index contributed by atoms with van der Waals surface area (Å²) >= 11 is 0. The van der Waals surface area contributed by atoms with Crippen LogP contribution in [0.3, 0.4) is 0 Å². The third kappa shape index (κ3) is 3.42. The van der Waals surface area contributed by atoms with Crippen LogP contribution in [0.1, 0.15) is 17.7 Å². The van der Waals surface area contributed by atoms with E-state index < -0.39 is 0 Å². The maximum absolute atomic E-state index is 12.4. The molecule has 0 saturated carbocycles. The molecule has 2 amide bonds. The van der Waals surface area contributed by atoms with Crippen molar-refractivity contribution < 1.29 is 9.59 Å². The molecule has 7 heteroatoms. The zero-order chi connectivity index (χ0) is 17.9. The summed E-state index contributed by atoms with van der Waals surface area (Å²) in [7, 11) is 0. The van der Waals surface area contributed by atoms with E-state index in [1.807, 2.05) is 47.1 Å². The van der Waals surface area contributed by atoms with Gasteiger partial charge in [-0.3, -0.25) is 14.6 Å². The number of nitrogens with zero attached hydrogens (tertiary/aromatic N) is 4. The Morgan fingerprint density at radius 2 is 2.12 bits per heavy atom. The predicted octanol–water partition coefficient (Wildman–Crippen LogP) is 1.39. The van der Waals surface area contributed by atoms with Crippen LogP contribution in [0.25, 0.3) is 5.65 Å². The minimum absolute atomic E-state index is 0.00499. The number of nitrogens with one attached hydrogen (secondary N) is 1. The van der Waals surface area contributed by atoms with E-state index in [0.717, 1.165) is 16.9 Å². The largest absolute Gasteiger partial charge is 0.352 e. The SMILES string of the molecule is O=C(NCc1ccn2ccnc2c1)C1CC(=O)N(Cc2ccccn2)C1. The second-order valence-corrected chi connectivity index (χ2v) is 6.44. The Bertz CT molecular complexity index is 937. The maximum atomic E-state index is 12.4. The van der Waals surface area contributed by atoms with E-state index in [-0.39, 0.29) is 24.2 Å². The first-order chi connectivity index (χ1) is 12.7. The lowest BCUT2D eigenvalue weighted by atomic mass is 10.1. The number of fused-ring (bicyclic) bond motifs is 1. The van der Waals surface area contributed by atoms with Crippen LogP contribution in [0.15, 0.2) is 55.1 Å². The number of hydrogen-bond donors (Lipinski definition) is 1. The van der Waals surface area contributed by atoms with Crippen molar-refractivity contribution in [1.82, 2.24) is 24.6 Å². The van der Waals surface area contributed by atoms with E-state index in [0.29, 0.717) is 19.6 Å². The first kappa shape index (κ1) is 16.3. The summed E-state index contributed by atoms with van der Waals surface area (Å²) in [5.74, 6) is -0.416. The molecule has 0 spiro atoms. The van der Waals surface area contributed by atoms with Crippen LogP contribution in [0.2, 0.25) is 0 Å². The molecule has 0 bridgehead atoms. The molecule has 3 aromatic rings. The first-order valence-corrected chi connectivity index (χ1v) is 8.56. The third-order valence-electron chi connectivity index (χ3n) is 4.59. The fraction of sp³-hybridized carbons (Fsp3) is 0.263. The topological polar surface area (TPSA) is 79.6 Å². The van der Waals surface area contributed by atoms with Gasteiger partial charge < -0.3 is 14.6 Å². The first-order valence-electron chi connectivity index (χ1n) is 8.56. The van der Waals surface area contributed by atoms with Gasteiger partial charge in [0, 0.05) is 44.3 Å². The van der Waals surface area contributed by atoms with Gasteiger partial charge in [-0.25, -0.2) is 4.98 Å². The molecule has 1 aliphatic heterocycles. The Kier molecular flexibility index (Phi) is 4.35. The predicted molar refractivity (Wildman–Crippen MR) is 94.8 cm³/mol. The average Bonchev–Trinajstić information content (AvgIpc) is 3.27. The molecule has 1 unspecified atom stereocenters. The molecule has 7 nitrogen and oxygen atoms in total. The number of amides is 2. The molecule has 3 aromatic heterocycles. The van der Waals surface area contributed by atoms with Crippen molar-refractivity contribution in [3.8, 4) is 0 Å². The molecular weight excluding hydrogens is 330 g/mol. The highest BCUT2D eigenvalue weighted by Gasteiger charge is 2.34. The van der Waals surface area contributed by atoms with E-state index in [2.05, 4.69) is 15.3 Å². The Morgan fingerprint density at radius 1 is 1.19 bits per heavy atom. The van der Waals surface area contributed by atoms with Gasteiger partial charge >= 0.3 is 0 Å². The standard InChI is InChI=1S/C19H19N5O2/c25-18-10-15(12-24(18)13-16-3-1-2-5-20-16)19(26)22-11-14-4-7-23-8-6-21-17(23)9-14/h1-9,15H,10-13H2,(H,22,26). The van der Waals surface area contributed by atoms with Gasteiger partial charge in [0.1, 0.15) is 5.65 Å². The molecule has 0 aromatic carbocycles. The van der Waals surface area contributed by atoms with Crippen molar-refractivity contribution in [2.75, 3.05) is 6.54 Å². The highest BCUT2D eigenvalue weighted by Crippen LogP contribution is 2.20. The van der Waals surface area contributed by atoms with Crippen LogP contribution in [0.4, 0.5) is 0 Å². The Balaban J connectivity index is 1.34. The fourth-order valence-electron chi connectivity index (χ4n) is 3.18. The zero-order valence-electron chi connectivity index (χ0n) is 14.2. The van der Waals surface area contributed by atoms with Crippen LogP contribution < -0.4 is 5.32 Å². The second-order valence-electron chi connectivity index (χ2n) is 6.44. The van der Waals surface area contributed by atoms with Gasteiger partial charge in [-0.1, -0.05) is 6.07 Å². The number of aromatic nitrogens is 3. The van der Waals surface area contributed by atoms with Gasteiger partial charge in [0.15, 0.2) is 0 Å². The highest BCUT2D eigenvalue weighted by molar-refractivity contribution is 5.89. The number of carbonyl (C=O) groups excluding carboxylic acids is 2. The lowest BCUT2D eigenvalue weighted by Crippen LogP contribution is -2.32. The van der Waals surface area contributed by atoms with Crippen molar-refractivity contribution in [3.05, 3.63) is 66.4 Å². The van der Waals surface area contributed by atoms with Crippen LogP contribution in [-0.4, -0.2) is 37.6 Å². The monoisotopic (exact) mass is 349 g/mol. The summed E-state index contributed by atoms with van der Waals surface area (Å²) in [4.78, 5) is 34.8. The van der Waals surface area contributed by atoms with Crippen LogP contribution in [-0.2, 0) is 22.7 Å². The smallest absolute Gasteiger partial charge is 0.225 e. The summed E-state index contributed by atoms with van der Waals surface area (Å²) in [5.41, 5.74) is 2.65. The Morgan fingerprint density at radius 3 is 2.96 bits per heavy atom. The van der Waals surface area contributed by atoms with Gasteiger partial charge in [0.2, 0.25) is 11.8 Å². The molecule has 0 aliphatic carbocycles. The molecule has 0 radical (unpaired) electrons. The Labute approximate surface area is 150 Å². The number of pyridine rings is 2. The van der Waals surface area contributed by atoms with Crippen molar-refractivity contribution >= 4 is 17.5 Å². The highest BCUT2D eigenvalue weighted by atomic mass is 16.2. The Hall–Kier alpha value is -3.22. The normalized spacial score (nSPS) is 17.0. The lowest BCUT2D eigenvalue weighted by molar-refractivity contribution is -0.129. The minimum atomic E-state index is -0.318. The molecule has 1 N–H and O–H groups in total. The fourth-order valence-corrected chi connectivity index (χ4v) is 3.18. The molecule has 1 aliphatic rings. The van der Waals surface area contributed by atoms with Gasteiger partial charge in [-0.2, -0.15) is 0 Å². The summed E-state index contributed by atoms with van der Waals surface area (Å²) in [5, 5.41) is 2.93. The van der Waals surface area contributed by atoms with E-state index in [1.54, 1.807) is 17.3 Å². The quantitative estimate of drug-likeness (QED) is 0.755. The van der Waals surface area contributed by atoms with Crippen molar-refractivity contribution in [3.63, 3.8) is 0 Å². The molecule has 132 valence electrons. The van der Waals surface area contributed by atoms with Crippen molar-refractivity contribution in [2.24, 2.45) is 5.92 Å². The van der Waals surface area contributed by atoms with Crippen LogP contribution >= 0.6 is 0 Å². The number of rotatable bonds is 5. The van der Waals surface area contributed by atoms with E-state index in [4.69, 9.17) is 0 Å². The molecular formula is C19H19N5O2. The van der Waals surface area contributed by atoms with Gasteiger partial charge in [-0.05, 0) is 29.8 Å². The van der Waals surface area contributed by atoms with Crippen molar-refractivity contribution in [2.45, 2.75) is 19.5 Å². The third-order valence-corrected chi connectivity index (χ3v) is 4.59. The lowest BCUT2D eigenvalue weighted by Gasteiger charge is -2.16. The minimum Gasteiger partial charge on any atom is -0.352 e. The molecule has 26 heavy (non-hydrogen) atoms. The molecule has 1 atom stereocenters. The number of hydrogen-bond acceptors (Lipinski definition) is 4. The van der Waals surface area contributed by atoms with E-state index in [9.17, 15) is 9.59 Å². The van der Waals surface area contributed by atoms with Crippen LogP contribution in [0.5, 0.6) is 0 Å². The summed E-state index contributed by atoms with van der Waals surface area (Å²) < 4.78 is 1.91.